The van der Waals surface area contributed by atoms with Crippen LogP contribution in [-0.4, -0.2) is 66.1 Å². The third-order valence-electron chi connectivity index (χ3n) is 25.7. The van der Waals surface area contributed by atoms with Crippen LogP contribution in [0.4, 0.5) is 114 Å². The van der Waals surface area contributed by atoms with Gasteiger partial charge in [-0.15, -0.1) is 0 Å². The highest BCUT2D eigenvalue weighted by molar-refractivity contribution is 5.97. The molecule has 0 unspecified atom stereocenters. The maximum Gasteiger partial charge on any atom is 0.190 e. The first-order valence-electron chi connectivity index (χ1n) is 40.6. The Kier molecular flexibility index (Phi) is 24.9. The minimum Gasteiger partial charge on any atom is -0.352 e. The zero-order valence-electron chi connectivity index (χ0n) is 75.2. The number of nitriles is 5. The standard InChI is InChI=1S/2C21H22N4.3C20H20N4/c1-12-8-19(15(4)14(3)13(12)2)25-16(5)24(7)21-17(11-22)9-18(23-6)10-20(21)25;1-12-8-13(2)20(15(4)14(12)3)25-16(5)24(7)21-17(11-22)9-18(23-6)10-19(21)25;1-12-7-13(2)14(3)18(8-12)24-15(4)23(6)20-16(11-21)9-17(22-5)10-19(20)24;1-12-7-13(2)19(14(3)8-12)24-15(4)23(6)20-16(11-21)9-17(22-5)10-18(20)24;1-12-7-8-13(2)19(14(12)3)24-15(4)23(6)20-16(11-21)9-17(22-5)10-18(20)24/h2*8-10,16H,1-5,7H3;3*7-10,15H,1-4,6H3/t2*16-;3*15-/m00000/s1. The van der Waals surface area contributed by atoms with Crippen LogP contribution < -0.4 is 49.0 Å². The average molecular weight is 1610 g/mol. The van der Waals surface area contributed by atoms with Gasteiger partial charge < -0.3 is 49.0 Å². The monoisotopic (exact) mass is 1610 g/mol. The quantitative estimate of drug-likeness (QED) is 0.149. The fraction of sp³-hybridized carbons (Fsp3) is 0.314. The van der Waals surface area contributed by atoms with E-state index in [0.29, 0.717) is 56.3 Å². The molecule has 0 radical (unpaired) electrons. The highest BCUT2D eigenvalue weighted by atomic mass is 15.4. The number of benzene rings is 10. The van der Waals surface area contributed by atoms with Crippen molar-refractivity contribution >= 4 is 114 Å². The van der Waals surface area contributed by atoms with Crippen molar-refractivity contribution in [2.24, 2.45) is 0 Å². The predicted molar refractivity (Wildman–Crippen MR) is 500 cm³/mol. The lowest BCUT2D eigenvalue weighted by Crippen LogP contribution is -2.36. The van der Waals surface area contributed by atoms with Gasteiger partial charge in [-0.25, -0.2) is 24.2 Å². The number of fused-ring (bicyclic) bond motifs is 5. The Balaban J connectivity index is 0.000000149. The molecular formula is C102H104N20. The summed E-state index contributed by atoms with van der Waals surface area (Å²) in [6.07, 6.45) is 0.374. The van der Waals surface area contributed by atoms with Gasteiger partial charge >= 0.3 is 0 Å². The Bertz CT molecular complexity index is 6440. The normalized spacial score (nSPS) is 15.8. The van der Waals surface area contributed by atoms with Gasteiger partial charge in [-0.2, -0.15) is 26.3 Å². The van der Waals surface area contributed by atoms with Gasteiger partial charge in [0.1, 0.15) is 61.2 Å². The van der Waals surface area contributed by atoms with Crippen molar-refractivity contribution in [3.63, 3.8) is 0 Å². The van der Waals surface area contributed by atoms with E-state index >= 15 is 0 Å². The van der Waals surface area contributed by atoms with Crippen molar-refractivity contribution in [2.45, 2.75) is 183 Å². The number of hydrogen-bond acceptors (Lipinski definition) is 15. The van der Waals surface area contributed by atoms with E-state index in [1.54, 1.807) is 30.3 Å². The summed E-state index contributed by atoms with van der Waals surface area (Å²) < 4.78 is 0. The lowest BCUT2D eigenvalue weighted by Gasteiger charge is -2.31. The van der Waals surface area contributed by atoms with Crippen LogP contribution in [0.3, 0.4) is 0 Å². The van der Waals surface area contributed by atoms with Gasteiger partial charge in [0.2, 0.25) is 0 Å². The molecule has 0 bridgehead atoms. The van der Waals surface area contributed by atoms with Crippen molar-refractivity contribution in [3.05, 3.63) is 289 Å². The fourth-order valence-electron chi connectivity index (χ4n) is 18.1. The molecule has 0 saturated heterocycles. The maximum atomic E-state index is 9.57. The Labute approximate surface area is 722 Å². The number of nitrogens with zero attached hydrogens (tertiary/aromatic N) is 20. The molecule has 5 atom stereocenters. The highest BCUT2D eigenvalue weighted by Gasteiger charge is 2.41. The molecule has 0 fully saturated rings. The van der Waals surface area contributed by atoms with E-state index in [-0.39, 0.29) is 30.8 Å². The molecule has 5 aliphatic heterocycles. The predicted octanol–water partition coefficient (Wildman–Crippen LogP) is 25.5. The fourth-order valence-corrected chi connectivity index (χ4v) is 18.1. The van der Waals surface area contributed by atoms with Crippen LogP contribution in [0.15, 0.2) is 109 Å². The van der Waals surface area contributed by atoms with Crippen LogP contribution in [0, 0.1) is 207 Å². The van der Waals surface area contributed by atoms with Gasteiger partial charge in [0, 0.05) is 63.7 Å². The summed E-state index contributed by atoms with van der Waals surface area (Å²) in [5.41, 5.74) is 41.3. The Morgan fingerprint density at radius 3 is 0.820 bits per heavy atom. The number of anilines is 15. The van der Waals surface area contributed by atoms with Crippen molar-refractivity contribution in [3.8, 4) is 30.3 Å². The molecule has 0 aromatic heterocycles. The number of hydrogen-bond donors (Lipinski definition) is 0. The average Bonchev–Trinajstić information content (AvgIpc) is 1.60. The molecule has 10 aromatic carbocycles. The molecule has 20 heteroatoms. The molecule has 0 amide bonds. The molecule has 10 aromatic rings. The minimum atomic E-state index is 0.0718. The molecule has 122 heavy (non-hydrogen) atoms. The van der Waals surface area contributed by atoms with E-state index in [0.717, 1.165) is 73.9 Å². The van der Waals surface area contributed by atoms with Crippen LogP contribution >= 0.6 is 0 Å². The van der Waals surface area contributed by atoms with Gasteiger partial charge in [0.25, 0.3) is 0 Å². The van der Waals surface area contributed by atoms with Crippen molar-refractivity contribution in [2.75, 3.05) is 84.2 Å². The molecule has 0 N–H and O–H groups in total. The zero-order chi connectivity index (χ0) is 89.7. The molecule has 5 heterocycles. The molecule has 0 aliphatic carbocycles. The molecule has 0 saturated carbocycles. The molecule has 0 spiro atoms. The van der Waals surface area contributed by atoms with E-state index in [1.165, 1.54) is 106 Å². The van der Waals surface area contributed by atoms with Crippen molar-refractivity contribution in [1.29, 1.82) is 26.3 Å². The maximum absolute atomic E-state index is 9.57. The summed E-state index contributed by atoms with van der Waals surface area (Å²) in [5.74, 6) is 0. The third kappa shape index (κ3) is 15.2. The smallest absolute Gasteiger partial charge is 0.190 e. The summed E-state index contributed by atoms with van der Waals surface area (Å²) >= 11 is 0. The highest BCUT2D eigenvalue weighted by Crippen LogP contribution is 2.55. The lowest BCUT2D eigenvalue weighted by molar-refractivity contribution is 0.730. The van der Waals surface area contributed by atoms with E-state index < -0.39 is 0 Å². The molecule has 15 rings (SSSR count). The summed E-state index contributed by atoms with van der Waals surface area (Å²) in [4.78, 5) is 39.6. The van der Waals surface area contributed by atoms with Crippen LogP contribution in [0.5, 0.6) is 0 Å². The Morgan fingerprint density at radius 1 is 0.230 bits per heavy atom. The van der Waals surface area contributed by atoms with Gasteiger partial charge in [0.15, 0.2) is 28.4 Å². The second-order valence-electron chi connectivity index (χ2n) is 32.8. The Hall–Kier alpha value is -14.9. The SMILES string of the molecule is [C-]#[N+]c1cc(C#N)c2c(c1)N(c1c(C)cc(C)c(C)c1C)[C@@H](C)N2C.[C-]#[N+]c1cc(C#N)c2c(c1)N(c1c(C)cc(C)cc1C)[C@@H](C)N2C.[C-]#[N+]c1cc(C#N)c2c(c1)N(c1c(C)ccc(C)c1C)[C@@H](C)N2C.[C-]#[N+]c1cc(C#N)c2c(c1)N(c1cc(C)c(C)c(C)c1C)[C@@H](C)N2C.[C-]#[N+]c1cc(C#N)c2c(c1)N(c1cc(C)cc(C)c1C)[C@@H](C)N2C. The topological polar surface area (TPSA) is 173 Å². The zero-order valence-corrected chi connectivity index (χ0v) is 75.2. The first kappa shape index (κ1) is 87.9. The first-order chi connectivity index (χ1) is 57.8. The van der Waals surface area contributed by atoms with Crippen molar-refractivity contribution in [1.82, 2.24) is 0 Å². The molecular weight excluding hydrogens is 1510 g/mol. The Morgan fingerprint density at radius 2 is 0.484 bits per heavy atom. The first-order valence-corrected chi connectivity index (χ1v) is 40.6. The largest absolute Gasteiger partial charge is 0.352 e. The number of aryl methyl sites for hydroxylation is 10. The minimum absolute atomic E-state index is 0.0718. The third-order valence-corrected chi connectivity index (χ3v) is 25.7. The molecule has 20 nitrogen and oxygen atoms in total. The van der Waals surface area contributed by atoms with Gasteiger partial charge in [0.05, 0.1) is 118 Å². The van der Waals surface area contributed by atoms with E-state index in [2.05, 4.69) is 304 Å². The van der Waals surface area contributed by atoms with Gasteiger partial charge in [-0.05, 0) is 314 Å². The van der Waals surface area contributed by atoms with E-state index in [4.69, 9.17) is 32.9 Å². The van der Waals surface area contributed by atoms with E-state index in [9.17, 15) is 26.3 Å². The van der Waals surface area contributed by atoms with Crippen LogP contribution in [0.25, 0.3) is 24.2 Å². The lowest BCUT2D eigenvalue weighted by atomic mass is 9.97. The van der Waals surface area contributed by atoms with Crippen LogP contribution in [0.1, 0.15) is 157 Å². The van der Waals surface area contributed by atoms with E-state index in [1.807, 2.05) is 65.6 Å². The van der Waals surface area contributed by atoms with Crippen LogP contribution in [-0.2, 0) is 0 Å². The molecule has 612 valence electrons. The summed E-state index contributed by atoms with van der Waals surface area (Å²) in [6.45, 7) is 83.6. The summed E-state index contributed by atoms with van der Waals surface area (Å²) in [5, 5.41) is 47.7. The van der Waals surface area contributed by atoms with Gasteiger partial charge in [-0.3, -0.25) is 0 Å². The summed E-state index contributed by atoms with van der Waals surface area (Å²) in [7, 11) is 10.0. The van der Waals surface area contributed by atoms with Crippen molar-refractivity contribution < 1.29 is 0 Å². The molecule has 5 aliphatic rings. The van der Waals surface area contributed by atoms with Crippen LogP contribution in [0.2, 0.25) is 0 Å². The second kappa shape index (κ2) is 34.6. The number of rotatable bonds is 5. The van der Waals surface area contributed by atoms with Gasteiger partial charge in [-0.1, -0.05) is 42.0 Å². The summed E-state index contributed by atoms with van der Waals surface area (Å²) in [6, 6.07) is 46.5. The second-order valence-corrected chi connectivity index (χ2v) is 32.8.